The van der Waals surface area contributed by atoms with Crippen molar-refractivity contribution in [3.05, 3.63) is 59.2 Å². The second-order valence-corrected chi connectivity index (χ2v) is 6.71. The number of rotatable bonds is 4. The Morgan fingerprint density at radius 2 is 1.75 bits per heavy atom. The summed E-state index contributed by atoms with van der Waals surface area (Å²) in [6.07, 6.45) is 4.62. The number of phenols is 1. The van der Waals surface area contributed by atoms with Crippen molar-refractivity contribution in [3.8, 4) is 11.5 Å². The van der Waals surface area contributed by atoms with Gasteiger partial charge in [0.25, 0.3) is 0 Å². The first kappa shape index (κ1) is 16.7. The molecule has 2 nitrogen and oxygen atoms in total. The Morgan fingerprint density at radius 3 is 2.42 bits per heavy atom. The van der Waals surface area contributed by atoms with Gasteiger partial charge in [0.1, 0.15) is 18.2 Å². The predicted molar refractivity (Wildman–Crippen MR) is 89.2 cm³/mol. The van der Waals surface area contributed by atoms with Crippen molar-refractivity contribution in [2.75, 3.05) is 0 Å². The molecule has 0 amide bonds. The van der Waals surface area contributed by atoms with Crippen molar-refractivity contribution in [2.45, 2.75) is 45.1 Å². The predicted octanol–water partition coefficient (Wildman–Crippen LogP) is 5.54. The Morgan fingerprint density at radius 1 is 1.00 bits per heavy atom. The maximum atomic E-state index is 14.3. The Hall–Kier alpha value is -2.10. The van der Waals surface area contributed by atoms with Gasteiger partial charge in [-0.15, -0.1) is 0 Å². The van der Waals surface area contributed by atoms with Gasteiger partial charge in [0.05, 0.1) is 0 Å². The van der Waals surface area contributed by atoms with Crippen LogP contribution in [0.2, 0.25) is 0 Å². The van der Waals surface area contributed by atoms with Crippen LogP contribution >= 0.6 is 0 Å². The average Bonchev–Trinajstić information content (AvgIpc) is 2.57. The first-order chi connectivity index (χ1) is 11.5. The highest BCUT2D eigenvalue weighted by atomic mass is 19.1. The van der Waals surface area contributed by atoms with E-state index in [1.807, 2.05) is 6.07 Å². The molecule has 2 aromatic rings. The average molecular weight is 332 g/mol. The molecule has 0 heterocycles. The zero-order valence-electron chi connectivity index (χ0n) is 13.8. The van der Waals surface area contributed by atoms with Crippen LogP contribution in [0.15, 0.2) is 36.4 Å². The topological polar surface area (TPSA) is 29.5 Å². The van der Waals surface area contributed by atoms with Crippen LogP contribution in [0.4, 0.5) is 8.78 Å². The van der Waals surface area contributed by atoms with Crippen LogP contribution in [-0.4, -0.2) is 5.11 Å². The Kier molecular flexibility index (Phi) is 5.03. The molecule has 1 aliphatic carbocycles. The lowest BCUT2D eigenvalue weighted by molar-refractivity contribution is 0.296. The fraction of sp³-hybridized carbons (Fsp3) is 0.400. The van der Waals surface area contributed by atoms with E-state index in [1.54, 1.807) is 12.1 Å². The molecule has 4 heteroatoms. The van der Waals surface area contributed by atoms with Crippen LogP contribution in [0.5, 0.6) is 11.5 Å². The van der Waals surface area contributed by atoms with Gasteiger partial charge in [0.15, 0.2) is 11.6 Å². The van der Waals surface area contributed by atoms with Crippen molar-refractivity contribution in [1.29, 1.82) is 0 Å². The molecule has 128 valence electrons. The standard InChI is InChI=1S/C20H22F2O2/c1-13-2-4-14(5-3-13)15-6-7-16(18(21)10-15)12-24-17-8-9-20(23)19(22)11-17/h6-11,13-14,23H,2-5,12H2,1H3. The number of halogens is 2. The fourth-order valence-corrected chi connectivity index (χ4v) is 3.27. The third-order valence-corrected chi connectivity index (χ3v) is 4.88. The number of phenolic OH excluding ortho intramolecular Hbond substituents is 1. The van der Waals surface area contributed by atoms with Gasteiger partial charge >= 0.3 is 0 Å². The lowest BCUT2D eigenvalue weighted by atomic mass is 9.79. The molecule has 3 rings (SSSR count). The Balaban J connectivity index is 1.65. The largest absolute Gasteiger partial charge is 0.505 e. The van der Waals surface area contributed by atoms with Crippen LogP contribution in [0, 0.1) is 17.6 Å². The van der Waals surface area contributed by atoms with Gasteiger partial charge in [-0.05, 0) is 48.4 Å². The molecule has 1 fully saturated rings. The van der Waals surface area contributed by atoms with Gasteiger partial charge in [-0.3, -0.25) is 0 Å². The molecular weight excluding hydrogens is 310 g/mol. The second kappa shape index (κ2) is 7.20. The highest BCUT2D eigenvalue weighted by Gasteiger charge is 2.20. The molecule has 0 radical (unpaired) electrons. The van der Waals surface area contributed by atoms with Crippen molar-refractivity contribution >= 4 is 0 Å². The van der Waals surface area contributed by atoms with Gasteiger partial charge in [-0.1, -0.05) is 31.9 Å². The van der Waals surface area contributed by atoms with Crippen molar-refractivity contribution in [1.82, 2.24) is 0 Å². The third kappa shape index (κ3) is 3.86. The van der Waals surface area contributed by atoms with Crippen LogP contribution in [0.1, 0.15) is 49.7 Å². The highest BCUT2D eigenvalue weighted by molar-refractivity contribution is 5.33. The lowest BCUT2D eigenvalue weighted by Gasteiger charge is -2.26. The SMILES string of the molecule is CC1CCC(c2ccc(COc3ccc(O)c(F)c3)c(F)c2)CC1. The summed E-state index contributed by atoms with van der Waals surface area (Å²) in [6, 6.07) is 9.09. The highest BCUT2D eigenvalue weighted by Crippen LogP contribution is 2.36. The molecule has 0 unspecified atom stereocenters. The molecule has 0 atom stereocenters. The quantitative estimate of drug-likeness (QED) is 0.796. The van der Waals surface area contributed by atoms with Crippen molar-refractivity contribution < 1.29 is 18.6 Å². The normalized spacial score (nSPS) is 20.8. The van der Waals surface area contributed by atoms with E-state index in [0.717, 1.165) is 30.4 Å². The Bertz CT molecular complexity index is 707. The minimum absolute atomic E-state index is 0.0258. The summed E-state index contributed by atoms with van der Waals surface area (Å²) in [7, 11) is 0. The summed E-state index contributed by atoms with van der Waals surface area (Å²) in [4.78, 5) is 0. The van der Waals surface area contributed by atoms with E-state index in [0.29, 0.717) is 11.5 Å². The molecule has 0 aliphatic heterocycles. The van der Waals surface area contributed by atoms with E-state index in [9.17, 15) is 8.78 Å². The Labute approximate surface area is 141 Å². The lowest BCUT2D eigenvalue weighted by Crippen LogP contribution is -2.11. The van der Waals surface area contributed by atoms with Crippen LogP contribution in [-0.2, 0) is 6.61 Å². The van der Waals surface area contributed by atoms with Crippen molar-refractivity contribution in [2.24, 2.45) is 5.92 Å². The molecule has 1 aliphatic rings. The minimum Gasteiger partial charge on any atom is -0.505 e. The molecule has 2 aromatic carbocycles. The monoisotopic (exact) mass is 332 g/mol. The molecule has 24 heavy (non-hydrogen) atoms. The summed E-state index contributed by atoms with van der Waals surface area (Å²) < 4.78 is 33.0. The smallest absolute Gasteiger partial charge is 0.168 e. The molecule has 1 N–H and O–H groups in total. The van der Waals surface area contributed by atoms with E-state index < -0.39 is 11.6 Å². The van der Waals surface area contributed by atoms with Crippen LogP contribution in [0.25, 0.3) is 0 Å². The van der Waals surface area contributed by atoms with E-state index >= 15 is 0 Å². The molecule has 0 saturated heterocycles. The van der Waals surface area contributed by atoms with Gasteiger partial charge in [0, 0.05) is 11.6 Å². The summed E-state index contributed by atoms with van der Waals surface area (Å²) >= 11 is 0. The minimum atomic E-state index is -0.755. The summed E-state index contributed by atoms with van der Waals surface area (Å²) in [5.41, 5.74) is 1.50. The number of aromatic hydroxyl groups is 1. The number of benzene rings is 2. The number of hydrogen-bond donors (Lipinski definition) is 1. The molecule has 0 spiro atoms. The van der Waals surface area contributed by atoms with Gasteiger partial charge in [-0.25, -0.2) is 8.78 Å². The zero-order chi connectivity index (χ0) is 17.1. The number of hydrogen-bond acceptors (Lipinski definition) is 2. The van der Waals surface area contributed by atoms with E-state index in [4.69, 9.17) is 9.84 Å². The number of ether oxygens (including phenoxy) is 1. The maximum Gasteiger partial charge on any atom is 0.168 e. The van der Waals surface area contributed by atoms with Crippen LogP contribution < -0.4 is 4.74 Å². The summed E-state index contributed by atoms with van der Waals surface area (Å²) in [5.74, 6) is -0.00344. The molecule has 1 saturated carbocycles. The molecular formula is C20H22F2O2. The van der Waals surface area contributed by atoms with Gasteiger partial charge in [-0.2, -0.15) is 0 Å². The van der Waals surface area contributed by atoms with Gasteiger partial charge in [0.2, 0.25) is 0 Å². The zero-order valence-corrected chi connectivity index (χ0v) is 13.8. The van der Waals surface area contributed by atoms with E-state index in [1.165, 1.54) is 25.0 Å². The van der Waals surface area contributed by atoms with Crippen LogP contribution in [0.3, 0.4) is 0 Å². The maximum absolute atomic E-state index is 14.3. The second-order valence-electron chi connectivity index (χ2n) is 6.71. The van der Waals surface area contributed by atoms with Crippen molar-refractivity contribution in [3.63, 3.8) is 0 Å². The summed E-state index contributed by atoms with van der Waals surface area (Å²) in [6.45, 7) is 2.29. The van der Waals surface area contributed by atoms with E-state index in [2.05, 4.69) is 6.92 Å². The van der Waals surface area contributed by atoms with Gasteiger partial charge < -0.3 is 9.84 Å². The first-order valence-electron chi connectivity index (χ1n) is 8.42. The van der Waals surface area contributed by atoms with E-state index in [-0.39, 0.29) is 18.2 Å². The third-order valence-electron chi connectivity index (χ3n) is 4.88. The molecule has 0 aromatic heterocycles. The first-order valence-corrected chi connectivity index (χ1v) is 8.42. The fourth-order valence-electron chi connectivity index (χ4n) is 3.27. The summed E-state index contributed by atoms with van der Waals surface area (Å²) in [5, 5.41) is 9.15. The molecule has 0 bridgehead atoms.